The predicted octanol–water partition coefficient (Wildman–Crippen LogP) is 6.16. The second-order valence-corrected chi connectivity index (χ2v) is 13.2. The minimum absolute atomic E-state index is 0.0656. The van der Waals surface area contributed by atoms with Gasteiger partial charge in [-0.15, -0.1) is 0 Å². The van der Waals surface area contributed by atoms with Crippen molar-refractivity contribution in [1.29, 1.82) is 0 Å². The number of ether oxygens (including phenoxy) is 3. The van der Waals surface area contributed by atoms with Gasteiger partial charge >= 0.3 is 0 Å². The van der Waals surface area contributed by atoms with Crippen LogP contribution in [0.1, 0.15) is 92.9 Å². The molecule has 0 aromatic carbocycles. The first-order valence-corrected chi connectivity index (χ1v) is 12.6. The molecule has 3 nitrogen and oxygen atoms in total. The average molecular weight is 403 g/mol. The Hall–Kier alpha value is -0.120. The summed E-state index contributed by atoms with van der Waals surface area (Å²) in [5.41, 5.74) is 1.42. The molecule has 0 radical (unpaired) electrons. The lowest BCUT2D eigenvalue weighted by Crippen LogP contribution is -2.49. The van der Waals surface area contributed by atoms with Crippen molar-refractivity contribution in [3.63, 3.8) is 0 Å². The van der Waals surface area contributed by atoms with Crippen LogP contribution in [0.25, 0.3) is 0 Å². The largest absolute Gasteiger partial charge is 0.348 e. The normalized spacial score (nSPS) is 59.0. The van der Waals surface area contributed by atoms with E-state index < -0.39 is 0 Å². The van der Waals surface area contributed by atoms with E-state index in [0.717, 1.165) is 36.5 Å². The molecule has 3 heteroatoms. The van der Waals surface area contributed by atoms with Gasteiger partial charge in [-0.3, -0.25) is 0 Å². The van der Waals surface area contributed by atoms with Gasteiger partial charge in [-0.1, -0.05) is 41.5 Å². The Balaban J connectivity index is 1.15. The Labute approximate surface area is 177 Å². The van der Waals surface area contributed by atoms with Crippen LogP contribution in [0, 0.1) is 45.3 Å². The summed E-state index contributed by atoms with van der Waals surface area (Å²) < 4.78 is 20.0. The van der Waals surface area contributed by atoms with Crippen molar-refractivity contribution in [2.45, 2.75) is 118 Å². The molecule has 6 rings (SSSR count). The predicted molar refractivity (Wildman–Crippen MR) is 113 cm³/mol. The fourth-order valence-electron chi connectivity index (χ4n) is 9.70. The fraction of sp³-hybridized carbons (Fsp3) is 1.00. The zero-order chi connectivity index (χ0) is 20.4. The molecular weight excluding hydrogens is 360 g/mol. The Morgan fingerprint density at radius 2 is 1.00 bits per heavy atom. The third-order valence-electron chi connectivity index (χ3n) is 12.2. The van der Waals surface area contributed by atoms with Crippen LogP contribution in [0.15, 0.2) is 0 Å². The van der Waals surface area contributed by atoms with Gasteiger partial charge < -0.3 is 14.2 Å². The molecule has 0 spiro atoms. The molecule has 2 heterocycles. The second kappa shape index (κ2) is 5.81. The first kappa shape index (κ1) is 19.6. The van der Waals surface area contributed by atoms with Gasteiger partial charge in [-0.2, -0.15) is 0 Å². The van der Waals surface area contributed by atoms with Crippen molar-refractivity contribution in [3.05, 3.63) is 0 Å². The summed E-state index contributed by atoms with van der Waals surface area (Å²) in [6, 6.07) is 0. The van der Waals surface area contributed by atoms with Crippen molar-refractivity contribution >= 4 is 0 Å². The van der Waals surface area contributed by atoms with Gasteiger partial charge in [-0.25, -0.2) is 0 Å². The molecular formula is C26H42O3. The zero-order valence-corrected chi connectivity index (χ0v) is 19.5. The van der Waals surface area contributed by atoms with E-state index in [0.29, 0.717) is 33.9 Å². The van der Waals surface area contributed by atoms with Crippen LogP contribution in [0.3, 0.4) is 0 Å². The molecule has 6 aliphatic rings. The lowest BCUT2D eigenvalue weighted by atomic mass is 9.69. The maximum Gasteiger partial charge on any atom is 0.161 e. The molecule has 4 saturated carbocycles. The highest BCUT2D eigenvalue weighted by Gasteiger charge is 2.69. The summed E-state index contributed by atoms with van der Waals surface area (Å²) in [6.45, 7) is 14.9. The summed E-state index contributed by atoms with van der Waals surface area (Å²) in [5, 5.41) is 0. The Morgan fingerprint density at radius 3 is 1.41 bits per heavy atom. The van der Waals surface area contributed by atoms with Gasteiger partial charge in [0.2, 0.25) is 0 Å². The fourth-order valence-corrected chi connectivity index (χ4v) is 9.70. The van der Waals surface area contributed by atoms with E-state index in [4.69, 9.17) is 14.2 Å². The number of fused-ring (bicyclic) bond motifs is 10. The van der Waals surface area contributed by atoms with E-state index in [1.807, 2.05) is 0 Å². The van der Waals surface area contributed by atoms with Gasteiger partial charge in [0.05, 0.1) is 12.2 Å². The summed E-state index contributed by atoms with van der Waals surface area (Å²) >= 11 is 0. The minimum Gasteiger partial charge on any atom is -0.348 e. The minimum atomic E-state index is -0.0656. The van der Waals surface area contributed by atoms with Gasteiger partial charge in [0.1, 0.15) is 0 Å². The highest BCUT2D eigenvalue weighted by molar-refractivity contribution is 5.17. The number of hydrogen-bond acceptors (Lipinski definition) is 3. The molecule has 2 saturated heterocycles. The average Bonchev–Trinajstić information content (AvgIpc) is 3.18. The van der Waals surface area contributed by atoms with E-state index in [-0.39, 0.29) is 12.6 Å². The quantitative estimate of drug-likeness (QED) is 0.554. The topological polar surface area (TPSA) is 27.7 Å². The van der Waals surface area contributed by atoms with Crippen LogP contribution >= 0.6 is 0 Å². The Kier molecular flexibility index (Phi) is 3.92. The molecule has 29 heavy (non-hydrogen) atoms. The smallest absolute Gasteiger partial charge is 0.161 e. The molecule has 4 bridgehead atoms. The standard InChI is InChI=1S/C26H42O3/c1-23(2)17-11-13-25(23,5)21-15(17)7-9-19(28-21)27-20-10-8-16-18-12-14-26(6,22(16)29-20)24(18,3)4/h15-22H,7-14H2,1-6H3/t15-,16-,17+,18+,19-,20-,21-,22-,25-,26-/m0/s1. The molecule has 0 unspecified atom stereocenters. The van der Waals surface area contributed by atoms with Gasteiger partial charge in [0.25, 0.3) is 0 Å². The molecule has 0 N–H and O–H groups in total. The van der Waals surface area contributed by atoms with Crippen LogP contribution in [-0.4, -0.2) is 24.8 Å². The summed E-state index contributed by atoms with van der Waals surface area (Å²) in [5.74, 6) is 3.15. The van der Waals surface area contributed by atoms with Crippen LogP contribution in [0.2, 0.25) is 0 Å². The highest BCUT2D eigenvalue weighted by atomic mass is 16.8. The second-order valence-electron chi connectivity index (χ2n) is 13.2. The maximum absolute atomic E-state index is 6.72. The van der Waals surface area contributed by atoms with Crippen molar-refractivity contribution in [2.24, 2.45) is 45.3 Å². The van der Waals surface area contributed by atoms with Gasteiger partial charge in [-0.05, 0) is 96.7 Å². The summed E-state index contributed by atoms with van der Waals surface area (Å²) in [4.78, 5) is 0. The molecule has 6 fully saturated rings. The lowest BCUT2D eigenvalue weighted by molar-refractivity contribution is -0.319. The summed E-state index contributed by atoms with van der Waals surface area (Å²) in [6.07, 6.45) is 10.7. The maximum atomic E-state index is 6.72. The van der Waals surface area contributed by atoms with E-state index in [1.165, 1.54) is 38.5 Å². The van der Waals surface area contributed by atoms with Crippen molar-refractivity contribution in [2.75, 3.05) is 0 Å². The van der Waals surface area contributed by atoms with E-state index in [2.05, 4.69) is 41.5 Å². The molecule has 10 atom stereocenters. The first-order chi connectivity index (χ1) is 13.6. The van der Waals surface area contributed by atoms with Crippen molar-refractivity contribution < 1.29 is 14.2 Å². The van der Waals surface area contributed by atoms with Crippen molar-refractivity contribution in [1.82, 2.24) is 0 Å². The first-order valence-electron chi connectivity index (χ1n) is 12.6. The molecule has 2 aliphatic heterocycles. The van der Waals surface area contributed by atoms with E-state index in [9.17, 15) is 0 Å². The molecule has 0 aromatic heterocycles. The third-order valence-corrected chi connectivity index (χ3v) is 12.2. The molecule has 4 aliphatic carbocycles. The Morgan fingerprint density at radius 1 is 0.586 bits per heavy atom. The third kappa shape index (κ3) is 2.21. The molecule has 0 aromatic rings. The van der Waals surface area contributed by atoms with E-state index in [1.54, 1.807) is 0 Å². The van der Waals surface area contributed by atoms with Gasteiger partial charge in [0, 0.05) is 0 Å². The molecule has 164 valence electrons. The van der Waals surface area contributed by atoms with Crippen LogP contribution in [0.4, 0.5) is 0 Å². The van der Waals surface area contributed by atoms with Crippen LogP contribution in [-0.2, 0) is 14.2 Å². The monoisotopic (exact) mass is 402 g/mol. The number of hydrogen-bond donors (Lipinski definition) is 0. The SMILES string of the molecule is CC1(C)[C@@H]2CC[C@@]1(C)[C@H]1O[C@H](O[C@@H]3CC[C@H]4[C@H]5CC[C@@](C)([C@H]4O3)C5(C)C)CC[C@@H]21. The highest BCUT2D eigenvalue weighted by Crippen LogP contribution is 2.71. The molecule has 0 amide bonds. The zero-order valence-electron chi connectivity index (χ0n) is 19.5. The Bertz CT molecular complexity index is 642. The summed E-state index contributed by atoms with van der Waals surface area (Å²) in [7, 11) is 0. The van der Waals surface area contributed by atoms with Crippen LogP contribution < -0.4 is 0 Å². The van der Waals surface area contributed by atoms with E-state index >= 15 is 0 Å². The number of rotatable bonds is 2. The lowest BCUT2D eigenvalue weighted by Gasteiger charge is -2.47. The van der Waals surface area contributed by atoms with Gasteiger partial charge in [0.15, 0.2) is 12.6 Å². The van der Waals surface area contributed by atoms with Crippen molar-refractivity contribution in [3.8, 4) is 0 Å². The van der Waals surface area contributed by atoms with Crippen LogP contribution in [0.5, 0.6) is 0 Å².